The van der Waals surface area contributed by atoms with E-state index in [-0.39, 0.29) is 0 Å². The van der Waals surface area contributed by atoms with Crippen LogP contribution in [0.25, 0.3) is 0 Å². The van der Waals surface area contributed by atoms with Crippen LogP contribution in [-0.4, -0.2) is 72.2 Å². The van der Waals surface area contributed by atoms with Crippen LogP contribution < -0.4 is 0 Å². The maximum Gasteiger partial charge on any atom is 0.414 e. The number of carboxylic acids is 2. The van der Waals surface area contributed by atoms with E-state index in [1.165, 1.54) is 140 Å². The zero-order valence-electron chi connectivity index (χ0n) is 29.1. The summed E-state index contributed by atoms with van der Waals surface area (Å²) in [4.78, 5) is 23.2. The summed E-state index contributed by atoms with van der Waals surface area (Å²) in [6.45, 7) is 9.50. The van der Waals surface area contributed by atoms with Crippen LogP contribution in [0, 0.1) is 0 Å². The van der Waals surface area contributed by atoms with Crippen LogP contribution >= 0.6 is 23.2 Å². The van der Waals surface area contributed by atoms with E-state index in [4.69, 9.17) is 43.0 Å². The quantitative estimate of drug-likeness (QED) is 0.0951. The average molecular weight is 682 g/mol. The van der Waals surface area contributed by atoms with Gasteiger partial charge in [0.2, 0.25) is 0 Å². The summed E-state index contributed by atoms with van der Waals surface area (Å²) in [6.07, 6.45) is 21.2. The molecular formula is C38H62Cl2N2O4. The van der Waals surface area contributed by atoms with Crippen molar-refractivity contribution in [2.75, 3.05) is 40.3 Å². The van der Waals surface area contributed by atoms with Gasteiger partial charge in [0, 0.05) is 10.0 Å². The van der Waals surface area contributed by atoms with Crippen molar-refractivity contribution in [3.8, 4) is 0 Å². The van der Waals surface area contributed by atoms with Crippen LogP contribution in [0.4, 0.5) is 0 Å². The number of benzene rings is 2. The number of halogens is 2. The Bertz CT molecular complexity index is 921. The predicted molar refractivity (Wildman–Crippen MR) is 197 cm³/mol. The summed E-state index contributed by atoms with van der Waals surface area (Å²) in [5, 5.41) is 16.4. The maximum atomic E-state index is 9.10. The van der Waals surface area contributed by atoms with Gasteiger partial charge in [-0.2, -0.15) is 0 Å². The largest absolute Gasteiger partial charge is 0.473 e. The van der Waals surface area contributed by atoms with E-state index < -0.39 is 11.9 Å². The van der Waals surface area contributed by atoms with Crippen LogP contribution in [-0.2, 0) is 22.4 Å². The number of hydrogen-bond acceptors (Lipinski definition) is 4. The van der Waals surface area contributed by atoms with Gasteiger partial charge in [0.25, 0.3) is 0 Å². The minimum atomic E-state index is -1.82. The topological polar surface area (TPSA) is 81.1 Å². The first-order valence-electron chi connectivity index (χ1n) is 17.4. The van der Waals surface area contributed by atoms with Gasteiger partial charge in [0.1, 0.15) is 0 Å². The van der Waals surface area contributed by atoms with E-state index in [0.29, 0.717) is 0 Å². The summed E-state index contributed by atoms with van der Waals surface area (Å²) in [7, 11) is 4.50. The van der Waals surface area contributed by atoms with Crippen molar-refractivity contribution in [2.24, 2.45) is 0 Å². The lowest BCUT2D eigenvalue weighted by Crippen LogP contribution is -2.21. The van der Waals surface area contributed by atoms with Gasteiger partial charge in [-0.1, -0.05) is 113 Å². The lowest BCUT2D eigenvalue weighted by atomic mass is 10.1. The minimum Gasteiger partial charge on any atom is -0.473 e. The Morgan fingerprint density at radius 1 is 0.500 bits per heavy atom. The molecule has 6 nitrogen and oxygen atoms in total. The maximum absolute atomic E-state index is 9.10. The Morgan fingerprint density at radius 3 is 1.07 bits per heavy atom. The average Bonchev–Trinajstić information content (AvgIpc) is 3.03. The molecule has 262 valence electrons. The molecule has 0 saturated heterocycles. The third-order valence-corrected chi connectivity index (χ3v) is 8.31. The van der Waals surface area contributed by atoms with Gasteiger partial charge in [0.05, 0.1) is 0 Å². The second-order valence-corrected chi connectivity index (χ2v) is 13.1. The molecule has 0 spiro atoms. The number of aliphatic carboxylic acids is 2. The molecule has 8 heteroatoms. The highest BCUT2D eigenvalue weighted by atomic mass is 35.5. The first-order chi connectivity index (χ1) is 22.1. The Labute approximate surface area is 290 Å². The van der Waals surface area contributed by atoms with Gasteiger partial charge in [-0.3, -0.25) is 0 Å². The van der Waals surface area contributed by atoms with E-state index in [0.717, 1.165) is 10.0 Å². The normalized spacial score (nSPS) is 10.7. The molecule has 0 fully saturated rings. The molecule has 2 aromatic carbocycles. The third kappa shape index (κ3) is 28.1. The Kier molecular flexibility index (Phi) is 28.8. The van der Waals surface area contributed by atoms with Crippen molar-refractivity contribution in [1.82, 2.24) is 9.80 Å². The van der Waals surface area contributed by atoms with Gasteiger partial charge >= 0.3 is 11.9 Å². The summed E-state index contributed by atoms with van der Waals surface area (Å²) in [6, 6.07) is 16.5. The minimum absolute atomic E-state index is 0.830. The van der Waals surface area contributed by atoms with E-state index in [2.05, 4.69) is 62.0 Å². The van der Waals surface area contributed by atoms with Crippen LogP contribution in [0.5, 0.6) is 0 Å². The highest BCUT2D eigenvalue weighted by molar-refractivity contribution is 6.30. The van der Waals surface area contributed by atoms with Gasteiger partial charge < -0.3 is 20.0 Å². The van der Waals surface area contributed by atoms with Crippen LogP contribution in [0.15, 0.2) is 48.5 Å². The van der Waals surface area contributed by atoms with Crippen molar-refractivity contribution in [3.63, 3.8) is 0 Å². The fraction of sp³-hybridized carbons (Fsp3) is 0.632. The molecule has 0 saturated carbocycles. The van der Waals surface area contributed by atoms with Crippen LogP contribution in [0.3, 0.4) is 0 Å². The summed E-state index contributed by atoms with van der Waals surface area (Å²) in [5.41, 5.74) is 2.80. The number of carbonyl (C=O) groups is 2. The van der Waals surface area contributed by atoms with E-state index >= 15 is 0 Å². The SMILES string of the molecule is CCCCCCCN(C)CCCCc1ccc(Cl)cc1.CCCCCCCN(C)CCCCc1ccc(Cl)cc1.O=C(O)C(=O)O. The first-order valence-corrected chi connectivity index (χ1v) is 18.2. The molecule has 46 heavy (non-hydrogen) atoms. The van der Waals surface area contributed by atoms with E-state index in [9.17, 15) is 0 Å². The van der Waals surface area contributed by atoms with Crippen LogP contribution in [0.2, 0.25) is 10.0 Å². The zero-order chi connectivity index (χ0) is 34.4. The zero-order valence-corrected chi connectivity index (χ0v) is 30.6. The molecule has 0 amide bonds. The molecule has 2 rings (SSSR count). The van der Waals surface area contributed by atoms with Gasteiger partial charge in [-0.05, 0) is 127 Å². The number of rotatable bonds is 22. The lowest BCUT2D eigenvalue weighted by molar-refractivity contribution is -0.159. The summed E-state index contributed by atoms with van der Waals surface area (Å²) in [5.74, 6) is -3.65. The highest BCUT2D eigenvalue weighted by Gasteiger charge is 2.04. The van der Waals surface area contributed by atoms with E-state index in [1.54, 1.807) is 0 Å². The summed E-state index contributed by atoms with van der Waals surface area (Å²) < 4.78 is 0. The highest BCUT2D eigenvalue weighted by Crippen LogP contribution is 2.13. The number of nitrogens with zero attached hydrogens (tertiary/aromatic N) is 2. The molecule has 0 aliphatic carbocycles. The Balaban J connectivity index is 0.000000749. The van der Waals surface area contributed by atoms with Crippen molar-refractivity contribution in [2.45, 2.75) is 117 Å². The molecule has 0 unspecified atom stereocenters. The Hall–Kier alpha value is -2.12. The molecule has 0 heterocycles. The van der Waals surface area contributed by atoms with Crippen molar-refractivity contribution in [3.05, 3.63) is 69.7 Å². The Morgan fingerprint density at radius 2 is 0.783 bits per heavy atom. The fourth-order valence-electron chi connectivity index (χ4n) is 4.92. The molecule has 2 aromatic rings. The van der Waals surface area contributed by atoms with Gasteiger partial charge in [-0.15, -0.1) is 0 Å². The molecular weight excluding hydrogens is 619 g/mol. The second-order valence-electron chi connectivity index (χ2n) is 12.2. The van der Waals surface area contributed by atoms with Crippen molar-refractivity contribution in [1.29, 1.82) is 0 Å². The van der Waals surface area contributed by atoms with Crippen molar-refractivity contribution >= 4 is 35.1 Å². The van der Waals surface area contributed by atoms with Gasteiger partial charge in [0.15, 0.2) is 0 Å². The van der Waals surface area contributed by atoms with Gasteiger partial charge in [-0.25, -0.2) is 9.59 Å². The number of hydrogen-bond donors (Lipinski definition) is 2. The molecule has 0 atom stereocenters. The number of unbranched alkanes of at least 4 members (excludes halogenated alkanes) is 10. The van der Waals surface area contributed by atoms with E-state index in [1.807, 2.05) is 24.3 Å². The molecule has 0 radical (unpaired) electrons. The third-order valence-electron chi connectivity index (χ3n) is 7.81. The summed E-state index contributed by atoms with van der Waals surface area (Å²) >= 11 is 11.8. The molecule has 2 N–H and O–H groups in total. The second kappa shape index (κ2) is 30.2. The molecule has 0 aromatic heterocycles. The molecule has 0 aliphatic heterocycles. The van der Waals surface area contributed by atoms with Crippen LogP contribution in [0.1, 0.15) is 115 Å². The number of aryl methyl sites for hydroxylation is 2. The fourth-order valence-corrected chi connectivity index (χ4v) is 5.17. The monoisotopic (exact) mass is 680 g/mol. The smallest absolute Gasteiger partial charge is 0.414 e. The first kappa shape index (κ1) is 43.9. The standard InChI is InChI=1S/2C18H30ClN.C2H2O4/c2*1-3-4-5-6-8-15-20(2)16-9-7-10-17-11-13-18(19)14-12-17;3-1(4)2(5)6/h2*11-14H,3-10,15-16H2,1-2H3;(H,3,4)(H,5,6). The lowest BCUT2D eigenvalue weighted by Gasteiger charge is -2.16. The van der Waals surface area contributed by atoms with Crippen molar-refractivity contribution < 1.29 is 19.8 Å². The number of carboxylic acid groups (broad SMARTS) is 2. The molecule has 0 bridgehead atoms. The molecule has 0 aliphatic rings. The predicted octanol–water partition coefficient (Wildman–Crippen LogP) is 10.3.